The number of hydrogen-bond acceptors (Lipinski definition) is 4. The summed E-state index contributed by atoms with van der Waals surface area (Å²) in [6.45, 7) is 0. The first kappa shape index (κ1) is 13.7. The molecule has 108 valence electrons. The van der Waals surface area contributed by atoms with Gasteiger partial charge in [0.2, 0.25) is 0 Å². The fourth-order valence-electron chi connectivity index (χ4n) is 2.14. The van der Waals surface area contributed by atoms with E-state index in [1.165, 1.54) is 24.3 Å². The Morgan fingerprint density at radius 1 is 1.05 bits per heavy atom. The van der Waals surface area contributed by atoms with Gasteiger partial charge in [-0.05, 0) is 36.4 Å². The first-order valence-electron chi connectivity index (χ1n) is 6.55. The molecule has 6 heteroatoms. The van der Waals surface area contributed by atoms with Gasteiger partial charge >= 0.3 is 0 Å². The number of anilines is 1. The molecule has 1 aromatic heterocycles. The highest BCUT2D eigenvalue weighted by Crippen LogP contribution is 2.22. The van der Waals surface area contributed by atoms with Gasteiger partial charge in [0.05, 0.1) is 16.1 Å². The first-order valence-corrected chi connectivity index (χ1v) is 6.55. The summed E-state index contributed by atoms with van der Waals surface area (Å²) in [7, 11) is 0. The van der Waals surface area contributed by atoms with Gasteiger partial charge in [0.1, 0.15) is 0 Å². The lowest BCUT2D eigenvalue weighted by Gasteiger charge is -2.08. The quantitative estimate of drug-likeness (QED) is 0.592. The van der Waals surface area contributed by atoms with Crippen molar-refractivity contribution in [2.75, 3.05) is 5.32 Å². The SMILES string of the molecule is O=C(Nc1cccc2ncccc12)c1ccc([N+](=O)[O-])cc1. The number of fused-ring (bicyclic) bond motifs is 1. The van der Waals surface area contributed by atoms with Crippen LogP contribution in [0.4, 0.5) is 11.4 Å². The highest BCUT2D eigenvalue weighted by molar-refractivity contribution is 6.08. The minimum absolute atomic E-state index is 0.0501. The molecule has 1 amide bonds. The number of pyridine rings is 1. The van der Waals surface area contributed by atoms with Crippen LogP contribution in [0.2, 0.25) is 0 Å². The smallest absolute Gasteiger partial charge is 0.269 e. The molecule has 6 nitrogen and oxygen atoms in total. The lowest BCUT2D eigenvalue weighted by atomic mass is 10.1. The minimum Gasteiger partial charge on any atom is -0.321 e. The number of nitrogens with zero attached hydrogens (tertiary/aromatic N) is 2. The van der Waals surface area contributed by atoms with Crippen LogP contribution in [-0.4, -0.2) is 15.8 Å². The number of nitro groups is 1. The topological polar surface area (TPSA) is 85.1 Å². The van der Waals surface area contributed by atoms with Crippen molar-refractivity contribution in [2.45, 2.75) is 0 Å². The van der Waals surface area contributed by atoms with Crippen LogP contribution < -0.4 is 5.32 Å². The van der Waals surface area contributed by atoms with Crippen molar-refractivity contribution in [3.05, 3.63) is 76.5 Å². The number of nitrogens with one attached hydrogen (secondary N) is 1. The number of carbonyl (C=O) groups excluding carboxylic acids is 1. The van der Waals surface area contributed by atoms with Crippen LogP contribution in [-0.2, 0) is 0 Å². The number of benzene rings is 2. The van der Waals surface area contributed by atoms with Crippen LogP contribution in [0.1, 0.15) is 10.4 Å². The fourth-order valence-corrected chi connectivity index (χ4v) is 2.14. The van der Waals surface area contributed by atoms with E-state index in [0.29, 0.717) is 11.3 Å². The van der Waals surface area contributed by atoms with Crippen molar-refractivity contribution in [3.8, 4) is 0 Å². The van der Waals surface area contributed by atoms with Crippen LogP contribution in [0.5, 0.6) is 0 Å². The molecule has 2 aromatic carbocycles. The highest BCUT2D eigenvalue weighted by atomic mass is 16.6. The van der Waals surface area contributed by atoms with E-state index < -0.39 is 4.92 Å². The second kappa shape index (κ2) is 5.61. The second-order valence-corrected chi connectivity index (χ2v) is 4.63. The van der Waals surface area contributed by atoms with Crippen molar-refractivity contribution in [1.82, 2.24) is 4.98 Å². The molecule has 0 fully saturated rings. The predicted octanol–water partition coefficient (Wildman–Crippen LogP) is 3.40. The summed E-state index contributed by atoms with van der Waals surface area (Å²) in [5, 5.41) is 14.3. The number of amides is 1. The van der Waals surface area contributed by atoms with Gasteiger partial charge in [-0.1, -0.05) is 6.07 Å². The summed E-state index contributed by atoms with van der Waals surface area (Å²) >= 11 is 0. The predicted molar refractivity (Wildman–Crippen MR) is 82.8 cm³/mol. The third-order valence-electron chi connectivity index (χ3n) is 3.23. The molecule has 0 saturated carbocycles. The summed E-state index contributed by atoms with van der Waals surface area (Å²) in [5.41, 5.74) is 1.73. The van der Waals surface area contributed by atoms with E-state index in [-0.39, 0.29) is 11.6 Å². The Hall–Kier alpha value is -3.28. The van der Waals surface area contributed by atoms with Gasteiger partial charge in [0.25, 0.3) is 11.6 Å². The van der Waals surface area contributed by atoms with E-state index in [2.05, 4.69) is 10.3 Å². The first-order chi connectivity index (χ1) is 10.6. The van der Waals surface area contributed by atoms with Crippen LogP contribution in [0.3, 0.4) is 0 Å². The normalized spacial score (nSPS) is 10.4. The second-order valence-electron chi connectivity index (χ2n) is 4.63. The Balaban J connectivity index is 1.88. The van der Waals surface area contributed by atoms with Gasteiger partial charge < -0.3 is 5.32 Å². The van der Waals surface area contributed by atoms with E-state index in [1.807, 2.05) is 12.1 Å². The molecular formula is C16H11N3O3. The third-order valence-corrected chi connectivity index (χ3v) is 3.23. The van der Waals surface area contributed by atoms with Gasteiger partial charge in [-0.2, -0.15) is 0 Å². The molecule has 1 heterocycles. The van der Waals surface area contributed by atoms with E-state index in [0.717, 1.165) is 10.9 Å². The minimum atomic E-state index is -0.502. The van der Waals surface area contributed by atoms with Crippen LogP contribution >= 0.6 is 0 Å². The van der Waals surface area contributed by atoms with Gasteiger partial charge in [0, 0.05) is 29.3 Å². The Labute approximate surface area is 125 Å². The summed E-state index contributed by atoms with van der Waals surface area (Å²) in [6, 6.07) is 14.6. The molecular weight excluding hydrogens is 282 g/mol. The van der Waals surface area contributed by atoms with Crippen molar-refractivity contribution in [2.24, 2.45) is 0 Å². The molecule has 0 aliphatic rings. The van der Waals surface area contributed by atoms with E-state index in [9.17, 15) is 14.9 Å². The Kier molecular flexibility index (Phi) is 3.49. The zero-order valence-electron chi connectivity index (χ0n) is 11.4. The van der Waals surface area contributed by atoms with Crippen molar-refractivity contribution in [1.29, 1.82) is 0 Å². The molecule has 3 aromatic rings. The standard InChI is InChI=1S/C16H11N3O3/c20-16(11-6-8-12(9-7-11)19(21)22)18-15-5-1-4-14-13(15)3-2-10-17-14/h1-10H,(H,18,20). The van der Waals surface area contributed by atoms with E-state index in [4.69, 9.17) is 0 Å². The molecule has 0 unspecified atom stereocenters. The van der Waals surface area contributed by atoms with E-state index >= 15 is 0 Å². The maximum atomic E-state index is 12.2. The Bertz CT molecular complexity index is 855. The van der Waals surface area contributed by atoms with Gasteiger partial charge in [0.15, 0.2) is 0 Å². The van der Waals surface area contributed by atoms with Crippen LogP contribution in [0.25, 0.3) is 10.9 Å². The Morgan fingerprint density at radius 2 is 1.82 bits per heavy atom. The maximum Gasteiger partial charge on any atom is 0.269 e. The van der Waals surface area contributed by atoms with Gasteiger partial charge in [-0.25, -0.2) is 0 Å². The molecule has 0 bridgehead atoms. The maximum absolute atomic E-state index is 12.2. The zero-order chi connectivity index (χ0) is 15.5. The Morgan fingerprint density at radius 3 is 2.55 bits per heavy atom. The number of rotatable bonds is 3. The highest BCUT2D eigenvalue weighted by Gasteiger charge is 2.11. The largest absolute Gasteiger partial charge is 0.321 e. The summed E-state index contributed by atoms with van der Waals surface area (Å²) in [6.07, 6.45) is 1.68. The van der Waals surface area contributed by atoms with Crippen molar-refractivity contribution >= 4 is 28.2 Å². The molecule has 0 saturated heterocycles. The molecule has 22 heavy (non-hydrogen) atoms. The van der Waals surface area contributed by atoms with Crippen LogP contribution in [0, 0.1) is 10.1 Å². The molecule has 0 aliphatic carbocycles. The average Bonchev–Trinajstić information content (AvgIpc) is 2.55. The summed E-state index contributed by atoms with van der Waals surface area (Å²) in [5.74, 6) is -0.328. The third kappa shape index (κ3) is 2.62. The lowest BCUT2D eigenvalue weighted by molar-refractivity contribution is -0.384. The fraction of sp³-hybridized carbons (Fsp3) is 0. The number of aromatic nitrogens is 1. The molecule has 3 rings (SSSR count). The van der Waals surface area contributed by atoms with Crippen molar-refractivity contribution < 1.29 is 9.72 Å². The number of carbonyl (C=O) groups is 1. The van der Waals surface area contributed by atoms with Gasteiger partial charge in [-0.3, -0.25) is 19.9 Å². The molecule has 0 atom stereocenters. The number of nitro benzene ring substituents is 1. The summed E-state index contributed by atoms with van der Waals surface area (Å²) in [4.78, 5) is 26.6. The van der Waals surface area contributed by atoms with Crippen molar-refractivity contribution in [3.63, 3.8) is 0 Å². The molecule has 0 radical (unpaired) electrons. The van der Waals surface area contributed by atoms with Gasteiger partial charge in [-0.15, -0.1) is 0 Å². The molecule has 1 N–H and O–H groups in total. The summed E-state index contributed by atoms with van der Waals surface area (Å²) < 4.78 is 0. The van der Waals surface area contributed by atoms with Crippen LogP contribution in [0.15, 0.2) is 60.8 Å². The molecule has 0 aliphatic heterocycles. The number of non-ortho nitro benzene ring substituents is 1. The van der Waals surface area contributed by atoms with E-state index in [1.54, 1.807) is 24.4 Å². The molecule has 0 spiro atoms. The lowest BCUT2D eigenvalue weighted by Crippen LogP contribution is -2.12. The monoisotopic (exact) mass is 293 g/mol. The zero-order valence-corrected chi connectivity index (χ0v) is 11.4. The average molecular weight is 293 g/mol. The number of hydrogen-bond donors (Lipinski definition) is 1.